The molecule has 3 aliphatic rings. The van der Waals surface area contributed by atoms with Crippen molar-refractivity contribution in [1.29, 1.82) is 0 Å². The van der Waals surface area contributed by atoms with Crippen LogP contribution in [0, 0.1) is 23.2 Å². The number of carbonyl (C=O) groups excluding carboxylic acids is 1. The number of nitrogens with one attached hydrogen (secondary N) is 1. The molecule has 2 aliphatic carbocycles. The minimum atomic E-state index is -0.502. The standard InChI is InChI=1S/C19H31NO3/c1-5-12(3)20-10-14-16-15(23-18(14)22)9-13-8-6-7-11(2)19(13,4)17(16)21/h8,11-12,14-17,20-21H,5-7,9-10H2,1-4H3. The Labute approximate surface area is 139 Å². The quantitative estimate of drug-likeness (QED) is 0.617. The lowest BCUT2D eigenvalue weighted by molar-refractivity contribution is -0.144. The number of esters is 1. The van der Waals surface area contributed by atoms with E-state index in [0.29, 0.717) is 18.5 Å². The number of aliphatic hydroxyl groups is 1. The molecule has 0 amide bonds. The molecule has 4 heteroatoms. The van der Waals surface area contributed by atoms with Crippen LogP contribution in [0.4, 0.5) is 0 Å². The van der Waals surface area contributed by atoms with E-state index in [1.807, 2.05) is 0 Å². The van der Waals surface area contributed by atoms with Crippen molar-refractivity contribution in [2.45, 2.75) is 71.6 Å². The van der Waals surface area contributed by atoms with Gasteiger partial charge in [-0.2, -0.15) is 0 Å². The van der Waals surface area contributed by atoms with Gasteiger partial charge in [0.15, 0.2) is 0 Å². The molecule has 23 heavy (non-hydrogen) atoms. The van der Waals surface area contributed by atoms with E-state index in [-0.39, 0.29) is 29.3 Å². The fraction of sp³-hybridized carbons (Fsp3) is 0.842. The molecule has 0 spiro atoms. The summed E-state index contributed by atoms with van der Waals surface area (Å²) in [5.41, 5.74) is 1.09. The van der Waals surface area contributed by atoms with Crippen molar-refractivity contribution in [2.24, 2.45) is 23.2 Å². The molecular weight excluding hydrogens is 290 g/mol. The van der Waals surface area contributed by atoms with Crippen molar-refractivity contribution in [1.82, 2.24) is 5.32 Å². The molecule has 0 aromatic rings. The van der Waals surface area contributed by atoms with Crippen molar-refractivity contribution in [3.63, 3.8) is 0 Å². The summed E-state index contributed by atoms with van der Waals surface area (Å²) in [6, 6.07) is 0.377. The molecule has 130 valence electrons. The molecule has 7 unspecified atom stereocenters. The monoisotopic (exact) mass is 321 g/mol. The molecule has 0 bridgehead atoms. The van der Waals surface area contributed by atoms with Crippen LogP contribution in [0.3, 0.4) is 0 Å². The first kappa shape index (κ1) is 17.0. The minimum Gasteiger partial charge on any atom is -0.461 e. The van der Waals surface area contributed by atoms with Crippen molar-refractivity contribution in [3.05, 3.63) is 11.6 Å². The maximum atomic E-state index is 12.4. The highest BCUT2D eigenvalue weighted by molar-refractivity contribution is 5.76. The fourth-order valence-corrected chi connectivity index (χ4v) is 4.77. The molecule has 1 aliphatic heterocycles. The summed E-state index contributed by atoms with van der Waals surface area (Å²) in [7, 11) is 0. The summed E-state index contributed by atoms with van der Waals surface area (Å²) < 4.78 is 5.66. The van der Waals surface area contributed by atoms with Crippen LogP contribution in [0.15, 0.2) is 11.6 Å². The largest absolute Gasteiger partial charge is 0.461 e. The van der Waals surface area contributed by atoms with E-state index in [9.17, 15) is 9.90 Å². The summed E-state index contributed by atoms with van der Waals surface area (Å²) in [6.45, 7) is 9.28. The second-order valence-corrected chi connectivity index (χ2v) is 8.02. The van der Waals surface area contributed by atoms with Crippen molar-refractivity contribution >= 4 is 5.97 Å². The van der Waals surface area contributed by atoms with E-state index in [1.165, 1.54) is 5.57 Å². The molecule has 4 nitrogen and oxygen atoms in total. The Kier molecular flexibility index (Phi) is 4.58. The lowest BCUT2D eigenvalue weighted by Gasteiger charge is -2.51. The Balaban J connectivity index is 1.84. The SMILES string of the molecule is CCC(C)NCC1C(=O)OC2CC3=CCCC(C)C3(C)C(O)C21. The number of carbonyl (C=O) groups is 1. The van der Waals surface area contributed by atoms with E-state index < -0.39 is 6.10 Å². The maximum Gasteiger partial charge on any atom is 0.311 e. The molecule has 3 rings (SSSR count). The third-order valence-electron chi connectivity index (χ3n) is 6.87. The van der Waals surface area contributed by atoms with E-state index in [0.717, 1.165) is 25.7 Å². The molecular formula is C19H31NO3. The summed E-state index contributed by atoms with van der Waals surface area (Å²) >= 11 is 0. The molecule has 1 saturated heterocycles. The summed E-state index contributed by atoms with van der Waals surface area (Å²) in [5.74, 6) is 0.000868. The van der Waals surface area contributed by atoms with E-state index in [1.54, 1.807) is 0 Å². The van der Waals surface area contributed by atoms with Gasteiger partial charge in [-0.1, -0.05) is 32.4 Å². The van der Waals surface area contributed by atoms with Gasteiger partial charge in [0.25, 0.3) is 0 Å². The average molecular weight is 321 g/mol. The Hall–Kier alpha value is -0.870. The van der Waals surface area contributed by atoms with Gasteiger partial charge in [-0.3, -0.25) is 4.79 Å². The highest BCUT2D eigenvalue weighted by Gasteiger charge is 2.59. The molecule has 7 atom stereocenters. The third-order valence-corrected chi connectivity index (χ3v) is 6.87. The van der Waals surface area contributed by atoms with Gasteiger partial charge in [0.1, 0.15) is 6.10 Å². The predicted molar refractivity (Wildman–Crippen MR) is 89.8 cm³/mol. The van der Waals surface area contributed by atoms with Crippen LogP contribution in [0.5, 0.6) is 0 Å². The number of allylic oxidation sites excluding steroid dienone is 1. The van der Waals surface area contributed by atoms with Crippen LogP contribution < -0.4 is 5.32 Å². The van der Waals surface area contributed by atoms with Gasteiger partial charge >= 0.3 is 5.97 Å². The van der Waals surface area contributed by atoms with Crippen LogP contribution in [0.2, 0.25) is 0 Å². The predicted octanol–water partition coefficient (Wildman–Crippen LogP) is 2.66. The second-order valence-electron chi connectivity index (χ2n) is 8.02. The Morgan fingerprint density at radius 3 is 2.96 bits per heavy atom. The second kappa shape index (κ2) is 6.21. The van der Waals surface area contributed by atoms with Crippen molar-refractivity contribution in [2.75, 3.05) is 6.54 Å². The topological polar surface area (TPSA) is 58.6 Å². The molecule has 0 aromatic heterocycles. The minimum absolute atomic E-state index is 0.0817. The molecule has 2 fully saturated rings. The number of rotatable bonds is 4. The first-order valence-electron chi connectivity index (χ1n) is 9.21. The maximum absolute atomic E-state index is 12.4. The normalized spacial score (nSPS) is 44.1. The number of aliphatic hydroxyl groups excluding tert-OH is 1. The molecule has 0 radical (unpaired) electrons. The van der Waals surface area contributed by atoms with Crippen LogP contribution in [-0.2, 0) is 9.53 Å². The summed E-state index contributed by atoms with van der Waals surface area (Å²) in [6.07, 6.45) is 5.64. The number of ether oxygens (including phenoxy) is 1. The molecule has 1 saturated carbocycles. The highest BCUT2D eigenvalue weighted by Crippen LogP contribution is 2.55. The zero-order chi connectivity index (χ0) is 16.8. The zero-order valence-electron chi connectivity index (χ0n) is 14.8. The van der Waals surface area contributed by atoms with Gasteiger partial charge in [0, 0.05) is 30.3 Å². The third kappa shape index (κ3) is 2.64. The summed E-state index contributed by atoms with van der Waals surface area (Å²) in [4.78, 5) is 12.4. The van der Waals surface area contributed by atoms with Crippen LogP contribution >= 0.6 is 0 Å². The molecule has 0 aromatic carbocycles. The summed E-state index contributed by atoms with van der Waals surface area (Å²) in [5, 5.41) is 14.6. The first-order valence-corrected chi connectivity index (χ1v) is 9.21. The van der Waals surface area contributed by atoms with E-state index in [4.69, 9.17) is 4.74 Å². The molecule has 1 heterocycles. The first-order chi connectivity index (χ1) is 10.9. The lowest BCUT2D eigenvalue weighted by Crippen LogP contribution is -2.54. The Morgan fingerprint density at radius 2 is 2.26 bits per heavy atom. The average Bonchev–Trinajstić information content (AvgIpc) is 2.83. The van der Waals surface area contributed by atoms with E-state index >= 15 is 0 Å². The Morgan fingerprint density at radius 1 is 1.52 bits per heavy atom. The van der Waals surface area contributed by atoms with Gasteiger partial charge in [0.05, 0.1) is 12.0 Å². The van der Waals surface area contributed by atoms with E-state index in [2.05, 4.69) is 39.1 Å². The Bertz CT molecular complexity index is 503. The number of hydrogen-bond donors (Lipinski definition) is 2. The van der Waals surface area contributed by atoms with Crippen LogP contribution in [0.25, 0.3) is 0 Å². The van der Waals surface area contributed by atoms with Gasteiger partial charge < -0.3 is 15.2 Å². The zero-order valence-corrected chi connectivity index (χ0v) is 14.8. The van der Waals surface area contributed by atoms with Gasteiger partial charge in [-0.05, 0) is 32.1 Å². The van der Waals surface area contributed by atoms with Crippen LogP contribution in [-0.4, -0.2) is 35.9 Å². The van der Waals surface area contributed by atoms with Gasteiger partial charge in [-0.15, -0.1) is 0 Å². The number of fused-ring (bicyclic) bond motifs is 2. The van der Waals surface area contributed by atoms with Crippen molar-refractivity contribution < 1.29 is 14.6 Å². The fourth-order valence-electron chi connectivity index (χ4n) is 4.77. The van der Waals surface area contributed by atoms with Crippen LogP contribution in [0.1, 0.15) is 53.4 Å². The smallest absolute Gasteiger partial charge is 0.311 e. The van der Waals surface area contributed by atoms with Crippen molar-refractivity contribution in [3.8, 4) is 0 Å². The van der Waals surface area contributed by atoms with Gasteiger partial charge in [0.2, 0.25) is 0 Å². The number of hydrogen-bond acceptors (Lipinski definition) is 4. The lowest BCUT2D eigenvalue weighted by atomic mass is 9.55. The molecule has 2 N–H and O–H groups in total. The highest BCUT2D eigenvalue weighted by atomic mass is 16.6. The van der Waals surface area contributed by atoms with Gasteiger partial charge in [-0.25, -0.2) is 0 Å².